The topological polar surface area (TPSA) is 35.6 Å². The van der Waals surface area contributed by atoms with Gasteiger partial charge in [-0.2, -0.15) is 0 Å². The fraction of sp³-hybridized carbons (Fsp3) is 0.923. The molecule has 1 atom stereocenters. The summed E-state index contributed by atoms with van der Waals surface area (Å²) in [5.74, 6) is 0.361. The fourth-order valence-corrected chi connectivity index (χ4v) is 2.87. The van der Waals surface area contributed by atoms with E-state index < -0.39 is 0 Å². The minimum absolute atomic E-state index is 0.166. The van der Waals surface area contributed by atoms with Gasteiger partial charge < -0.3 is 15.1 Å². The van der Waals surface area contributed by atoms with Crippen LogP contribution in [0.4, 0.5) is 0 Å². The molecular weight excluding hydrogens is 214 g/mol. The molecule has 2 rings (SSSR count). The van der Waals surface area contributed by atoms with Gasteiger partial charge in [0.1, 0.15) is 0 Å². The monoisotopic (exact) mass is 239 g/mol. The largest absolute Gasteiger partial charge is 0.341 e. The zero-order valence-corrected chi connectivity index (χ0v) is 11.2. The van der Waals surface area contributed by atoms with E-state index in [0.717, 1.165) is 58.5 Å². The third-order valence-corrected chi connectivity index (χ3v) is 4.12. The van der Waals surface area contributed by atoms with Crippen molar-refractivity contribution in [2.45, 2.75) is 26.2 Å². The van der Waals surface area contributed by atoms with Crippen LogP contribution in [0, 0.1) is 5.41 Å². The minimum Gasteiger partial charge on any atom is -0.341 e. The van der Waals surface area contributed by atoms with Crippen molar-refractivity contribution in [2.75, 3.05) is 46.3 Å². The Kier molecular flexibility index (Phi) is 4.05. The van der Waals surface area contributed by atoms with Gasteiger partial charge in [-0.25, -0.2) is 0 Å². The molecule has 1 amide bonds. The van der Waals surface area contributed by atoms with E-state index in [2.05, 4.69) is 29.1 Å². The highest BCUT2D eigenvalue weighted by Crippen LogP contribution is 2.28. The molecule has 0 aromatic heterocycles. The fourth-order valence-electron chi connectivity index (χ4n) is 2.87. The lowest BCUT2D eigenvalue weighted by Crippen LogP contribution is -2.51. The van der Waals surface area contributed by atoms with Gasteiger partial charge in [-0.05, 0) is 46.3 Å². The van der Waals surface area contributed by atoms with Crippen LogP contribution < -0.4 is 5.32 Å². The molecule has 2 aliphatic rings. The second-order valence-electron chi connectivity index (χ2n) is 5.79. The molecule has 0 saturated carbocycles. The van der Waals surface area contributed by atoms with Gasteiger partial charge in [0.15, 0.2) is 0 Å². The van der Waals surface area contributed by atoms with Crippen molar-refractivity contribution in [2.24, 2.45) is 5.41 Å². The van der Waals surface area contributed by atoms with Crippen LogP contribution in [0.2, 0.25) is 0 Å². The average molecular weight is 239 g/mol. The van der Waals surface area contributed by atoms with Gasteiger partial charge >= 0.3 is 0 Å². The van der Waals surface area contributed by atoms with Gasteiger partial charge in [-0.15, -0.1) is 0 Å². The number of hydrogen-bond donors (Lipinski definition) is 1. The molecule has 2 aliphatic heterocycles. The number of nitrogens with one attached hydrogen (secondary N) is 1. The summed E-state index contributed by atoms with van der Waals surface area (Å²) in [5.41, 5.74) is -0.166. The van der Waals surface area contributed by atoms with Crippen molar-refractivity contribution in [3.8, 4) is 0 Å². The van der Waals surface area contributed by atoms with Crippen LogP contribution in [0.3, 0.4) is 0 Å². The molecule has 2 saturated heterocycles. The molecule has 0 radical (unpaired) electrons. The van der Waals surface area contributed by atoms with Gasteiger partial charge in [0.25, 0.3) is 0 Å². The number of amides is 1. The second-order valence-corrected chi connectivity index (χ2v) is 5.79. The van der Waals surface area contributed by atoms with Gasteiger partial charge in [-0.1, -0.05) is 0 Å². The molecule has 4 nitrogen and oxygen atoms in total. The van der Waals surface area contributed by atoms with Gasteiger partial charge in [-0.3, -0.25) is 4.79 Å². The van der Waals surface area contributed by atoms with E-state index in [1.807, 2.05) is 0 Å². The summed E-state index contributed by atoms with van der Waals surface area (Å²) in [6.07, 6.45) is 3.26. The third-order valence-electron chi connectivity index (χ3n) is 4.12. The average Bonchev–Trinajstić information content (AvgIpc) is 2.54. The summed E-state index contributed by atoms with van der Waals surface area (Å²) < 4.78 is 0. The molecule has 2 fully saturated rings. The molecule has 1 N–H and O–H groups in total. The number of nitrogens with zero attached hydrogens (tertiary/aromatic N) is 2. The zero-order chi connectivity index (χ0) is 12.3. The van der Waals surface area contributed by atoms with Crippen molar-refractivity contribution in [3.63, 3.8) is 0 Å². The Morgan fingerprint density at radius 1 is 1.18 bits per heavy atom. The molecule has 0 spiro atoms. The van der Waals surface area contributed by atoms with E-state index in [9.17, 15) is 4.79 Å². The maximum Gasteiger partial charge on any atom is 0.229 e. The highest BCUT2D eigenvalue weighted by molar-refractivity contribution is 5.82. The molecular formula is C13H25N3O. The summed E-state index contributed by atoms with van der Waals surface area (Å²) in [4.78, 5) is 17.0. The Labute approximate surface area is 104 Å². The van der Waals surface area contributed by atoms with Crippen molar-refractivity contribution < 1.29 is 4.79 Å². The van der Waals surface area contributed by atoms with Crippen molar-refractivity contribution >= 4 is 5.91 Å². The summed E-state index contributed by atoms with van der Waals surface area (Å²) in [6, 6.07) is 0. The second kappa shape index (κ2) is 5.36. The molecule has 0 bridgehead atoms. The maximum atomic E-state index is 12.6. The van der Waals surface area contributed by atoms with Crippen LogP contribution in [0.1, 0.15) is 26.2 Å². The van der Waals surface area contributed by atoms with Crippen LogP contribution in [-0.2, 0) is 4.79 Å². The predicted molar refractivity (Wildman–Crippen MR) is 68.9 cm³/mol. The first-order valence-corrected chi connectivity index (χ1v) is 6.80. The van der Waals surface area contributed by atoms with Crippen molar-refractivity contribution in [1.82, 2.24) is 15.1 Å². The highest BCUT2D eigenvalue weighted by atomic mass is 16.2. The minimum atomic E-state index is -0.166. The van der Waals surface area contributed by atoms with Crippen molar-refractivity contribution in [3.05, 3.63) is 0 Å². The molecule has 98 valence electrons. The normalized spacial score (nSPS) is 32.2. The Morgan fingerprint density at radius 2 is 2.00 bits per heavy atom. The molecule has 17 heavy (non-hydrogen) atoms. The SMILES string of the molecule is CN1CCCN(C(=O)C2(C)CCCNC2)CC1. The first kappa shape index (κ1) is 12.8. The number of carbonyl (C=O) groups excluding carboxylic acids is 1. The summed E-state index contributed by atoms with van der Waals surface area (Å²) in [6.45, 7) is 7.97. The lowest BCUT2D eigenvalue weighted by molar-refractivity contribution is -0.142. The quantitative estimate of drug-likeness (QED) is 0.725. The summed E-state index contributed by atoms with van der Waals surface area (Å²) in [7, 11) is 2.14. The maximum absolute atomic E-state index is 12.6. The number of carbonyl (C=O) groups is 1. The van der Waals surface area contributed by atoms with Gasteiger partial charge in [0.2, 0.25) is 5.91 Å². The van der Waals surface area contributed by atoms with E-state index in [0.29, 0.717) is 5.91 Å². The zero-order valence-electron chi connectivity index (χ0n) is 11.2. The van der Waals surface area contributed by atoms with Crippen LogP contribution in [0.5, 0.6) is 0 Å². The van der Waals surface area contributed by atoms with Crippen LogP contribution in [0.25, 0.3) is 0 Å². The van der Waals surface area contributed by atoms with Crippen LogP contribution >= 0.6 is 0 Å². The lowest BCUT2D eigenvalue weighted by atomic mass is 9.81. The summed E-state index contributed by atoms with van der Waals surface area (Å²) >= 11 is 0. The Hall–Kier alpha value is -0.610. The Bertz CT molecular complexity index is 274. The van der Waals surface area contributed by atoms with Crippen molar-refractivity contribution in [1.29, 1.82) is 0 Å². The van der Waals surface area contributed by atoms with E-state index in [4.69, 9.17) is 0 Å². The van der Waals surface area contributed by atoms with Crippen LogP contribution in [-0.4, -0.2) is 62.0 Å². The molecule has 2 heterocycles. The number of rotatable bonds is 1. The van der Waals surface area contributed by atoms with Crippen LogP contribution in [0.15, 0.2) is 0 Å². The molecule has 0 aliphatic carbocycles. The smallest absolute Gasteiger partial charge is 0.229 e. The molecule has 1 unspecified atom stereocenters. The first-order chi connectivity index (χ1) is 8.12. The van der Waals surface area contributed by atoms with E-state index >= 15 is 0 Å². The van der Waals surface area contributed by atoms with E-state index in [-0.39, 0.29) is 5.41 Å². The van der Waals surface area contributed by atoms with E-state index in [1.54, 1.807) is 0 Å². The predicted octanol–water partition coefficient (Wildman–Crippen LogP) is 0.540. The van der Waals surface area contributed by atoms with Gasteiger partial charge in [0.05, 0.1) is 5.41 Å². The molecule has 0 aromatic rings. The highest BCUT2D eigenvalue weighted by Gasteiger charge is 2.37. The number of hydrogen-bond acceptors (Lipinski definition) is 3. The first-order valence-electron chi connectivity index (χ1n) is 6.80. The summed E-state index contributed by atoms with van der Waals surface area (Å²) in [5, 5.41) is 3.36. The number of piperidine rings is 1. The van der Waals surface area contributed by atoms with Gasteiger partial charge in [0, 0.05) is 26.2 Å². The van der Waals surface area contributed by atoms with E-state index in [1.165, 1.54) is 0 Å². The standard InChI is InChI=1S/C13H25N3O/c1-13(5-3-6-14-11-13)12(17)16-8-4-7-15(2)9-10-16/h14H,3-11H2,1-2H3. The lowest BCUT2D eigenvalue weighted by Gasteiger charge is -2.37. The third kappa shape index (κ3) is 2.99. The number of likely N-dealkylation sites (N-methyl/N-ethyl adjacent to an activating group) is 1. The molecule has 0 aromatic carbocycles. The Balaban J connectivity index is 1.98. The Morgan fingerprint density at radius 3 is 2.71 bits per heavy atom. The molecule has 4 heteroatoms.